The van der Waals surface area contributed by atoms with Gasteiger partial charge in [0.25, 0.3) is 11.4 Å². The molecule has 0 saturated carbocycles. The molecule has 10 nitrogen and oxygen atoms in total. The van der Waals surface area contributed by atoms with Gasteiger partial charge in [0.15, 0.2) is 18.1 Å². The first-order valence-electron chi connectivity index (χ1n) is 7.39. The predicted octanol–water partition coefficient (Wildman–Crippen LogP) is 2.34. The number of nitrogens with zero attached hydrogens (tertiary/aromatic N) is 2. The van der Waals surface area contributed by atoms with E-state index in [-0.39, 0.29) is 18.8 Å². The quantitative estimate of drug-likeness (QED) is 0.373. The van der Waals surface area contributed by atoms with E-state index in [1.165, 1.54) is 0 Å². The Morgan fingerprint density at radius 1 is 0.958 bits per heavy atom. The highest BCUT2D eigenvalue weighted by Gasteiger charge is 2.33. The molecule has 24 heavy (non-hydrogen) atoms. The van der Waals surface area contributed by atoms with Crippen molar-refractivity contribution < 1.29 is 29.5 Å². The second-order valence-electron chi connectivity index (χ2n) is 4.93. The molecular formula is C14H20N2O8. The highest BCUT2D eigenvalue weighted by Crippen LogP contribution is 2.37. The Hall–Kier alpha value is -2.14. The van der Waals surface area contributed by atoms with Gasteiger partial charge < -0.3 is 19.7 Å². The van der Waals surface area contributed by atoms with Crippen molar-refractivity contribution in [3.8, 4) is 0 Å². The molecule has 0 saturated heterocycles. The van der Waals surface area contributed by atoms with Crippen LogP contribution in [-0.2, 0) is 9.47 Å². The van der Waals surface area contributed by atoms with E-state index in [0.717, 1.165) is 12.1 Å². The Morgan fingerprint density at radius 2 is 1.38 bits per heavy atom. The van der Waals surface area contributed by atoms with Gasteiger partial charge in [0.05, 0.1) is 9.85 Å². The molecule has 134 valence electrons. The van der Waals surface area contributed by atoms with E-state index in [1.54, 1.807) is 13.8 Å². The van der Waals surface area contributed by atoms with Crippen molar-refractivity contribution in [2.45, 2.75) is 39.3 Å². The van der Waals surface area contributed by atoms with E-state index in [0.29, 0.717) is 12.8 Å². The number of benzene rings is 1. The minimum Gasteiger partial charge on any atom is -0.364 e. The van der Waals surface area contributed by atoms with Crippen LogP contribution in [0.15, 0.2) is 12.1 Å². The number of ether oxygens (including phenoxy) is 2. The van der Waals surface area contributed by atoms with Gasteiger partial charge in [-0.2, -0.15) is 0 Å². The second kappa shape index (κ2) is 9.23. The average molecular weight is 344 g/mol. The van der Waals surface area contributed by atoms with Gasteiger partial charge in [-0.15, -0.1) is 0 Å². The molecule has 2 N–H and O–H groups in total. The van der Waals surface area contributed by atoms with Gasteiger partial charge in [-0.25, -0.2) is 0 Å². The number of aliphatic hydroxyl groups is 2. The molecule has 0 aromatic heterocycles. The van der Waals surface area contributed by atoms with E-state index < -0.39 is 39.4 Å². The van der Waals surface area contributed by atoms with E-state index in [9.17, 15) is 30.4 Å². The topological polar surface area (TPSA) is 145 Å². The van der Waals surface area contributed by atoms with E-state index in [1.807, 2.05) is 0 Å². The molecule has 0 aliphatic rings. The molecule has 1 rings (SSSR count). The second-order valence-corrected chi connectivity index (χ2v) is 4.93. The third-order valence-corrected chi connectivity index (χ3v) is 3.04. The first-order valence-corrected chi connectivity index (χ1v) is 7.39. The zero-order valence-electron chi connectivity index (χ0n) is 13.4. The summed E-state index contributed by atoms with van der Waals surface area (Å²) in [5, 5.41) is 42.3. The summed E-state index contributed by atoms with van der Waals surface area (Å²) in [6.07, 6.45) is -2.28. The maximum absolute atomic E-state index is 11.3. The van der Waals surface area contributed by atoms with Crippen molar-refractivity contribution in [2.75, 3.05) is 13.2 Å². The number of hydrogen-bond acceptors (Lipinski definition) is 8. The van der Waals surface area contributed by atoms with Crippen LogP contribution >= 0.6 is 0 Å². The Morgan fingerprint density at radius 3 is 1.75 bits per heavy atom. The van der Waals surface area contributed by atoms with Crippen molar-refractivity contribution in [1.29, 1.82) is 0 Å². The summed E-state index contributed by atoms with van der Waals surface area (Å²) < 4.78 is 10.0. The van der Waals surface area contributed by atoms with Crippen molar-refractivity contribution in [3.05, 3.63) is 43.5 Å². The summed E-state index contributed by atoms with van der Waals surface area (Å²) in [4.78, 5) is 20.8. The number of nitro groups is 2. The summed E-state index contributed by atoms with van der Waals surface area (Å²) in [7, 11) is 0. The molecule has 0 spiro atoms. The number of nitro benzene ring substituents is 2. The lowest BCUT2D eigenvalue weighted by atomic mass is 10.1. The summed E-state index contributed by atoms with van der Waals surface area (Å²) in [6, 6.07) is 1.86. The number of hydrogen-bond donors (Lipinski definition) is 2. The van der Waals surface area contributed by atoms with Crippen LogP contribution in [0.5, 0.6) is 0 Å². The van der Waals surface area contributed by atoms with Crippen LogP contribution in [0.1, 0.15) is 50.4 Å². The lowest BCUT2D eigenvalue weighted by Crippen LogP contribution is -2.12. The Kier molecular flexibility index (Phi) is 7.65. The van der Waals surface area contributed by atoms with Crippen LogP contribution in [0.3, 0.4) is 0 Å². The van der Waals surface area contributed by atoms with Gasteiger partial charge >= 0.3 is 0 Å². The predicted molar refractivity (Wildman–Crippen MR) is 82.2 cm³/mol. The minimum atomic E-state index is -1.83. The molecule has 2 atom stereocenters. The Balaban J connectivity index is 3.40. The summed E-state index contributed by atoms with van der Waals surface area (Å²) in [5.41, 5.74) is -2.15. The smallest absolute Gasteiger partial charge is 0.285 e. The molecular weight excluding hydrogens is 324 g/mol. The van der Waals surface area contributed by atoms with Crippen LogP contribution in [0.4, 0.5) is 11.4 Å². The van der Waals surface area contributed by atoms with E-state index >= 15 is 0 Å². The lowest BCUT2D eigenvalue weighted by Gasteiger charge is -2.15. The fraction of sp³-hybridized carbons (Fsp3) is 0.571. The largest absolute Gasteiger partial charge is 0.364 e. The van der Waals surface area contributed by atoms with Gasteiger partial charge in [0, 0.05) is 30.9 Å². The van der Waals surface area contributed by atoms with Gasteiger partial charge in [-0.1, -0.05) is 13.8 Å². The van der Waals surface area contributed by atoms with Crippen LogP contribution < -0.4 is 0 Å². The van der Waals surface area contributed by atoms with Crippen LogP contribution in [0.2, 0.25) is 0 Å². The van der Waals surface area contributed by atoms with Crippen LogP contribution in [0.25, 0.3) is 0 Å². The monoisotopic (exact) mass is 344 g/mol. The van der Waals surface area contributed by atoms with Crippen LogP contribution in [0, 0.1) is 20.2 Å². The first kappa shape index (κ1) is 19.9. The first-order chi connectivity index (χ1) is 11.3. The standard InChI is InChI=1S/C14H20N2O8/c1-3-5-23-13(17)9-7-10(15(19)20)12(11(8-9)16(21)22)14(18)24-6-4-2/h7-8,13-14,17-18H,3-6H2,1-2H3. The number of rotatable bonds is 10. The number of aliphatic hydroxyl groups excluding tert-OH is 2. The molecule has 0 aliphatic carbocycles. The summed E-state index contributed by atoms with van der Waals surface area (Å²) in [6.45, 7) is 3.79. The third-order valence-electron chi connectivity index (χ3n) is 3.04. The SMILES string of the molecule is CCCOC(O)c1cc([N+](=O)[O-])c(C(O)OCCC)c([N+](=O)[O-])c1. The summed E-state index contributed by atoms with van der Waals surface area (Å²) >= 11 is 0. The maximum atomic E-state index is 11.3. The average Bonchev–Trinajstić information content (AvgIpc) is 2.55. The normalized spacial score (nSPS) is 13.5. The molecule has 0 heterocycles. The molecule has 0 radical (unpaired) electrons. The summed E-state index contributed by atoms with van der Waals surface area (Å²) in [5.74, 6) is 0. The Labute approximate surface area is 137 Å². The highest BCUT2D eigenvalue weighted by atomic mass is 16.6. The zero-order chi connectivity index (χ0) is 18.3. The molecule has 10 heteroatoms. The molecule has 0 aliphatic heterocycles. The van der Waals surface area contributed by atoms with Crippen molar-refractivity contribution in [2.24, 2.45) is 0 Å². The molecule has 0 amide bonds. The molecule has 0 fully saturated rings. The molecule has 1 aromatic rings. The van der Waals surface area contributed by atoms with Gasteiger partial charge in [-0.05, 0) is 12.8 Å². The van der Waals surface area contributed by atoms with Gasteiger partial charge in [0.1, 0.15) is 0 Å². The van der Waals surface area contributed by atoms with Crippen molar-refractivity contribution in [1.82, 2.24) is 0 Å². The Bertz CT molecular complexity index is 557. The van der Waals surface area contributed by atoms with Gasteiger partial charge in [0.2, 0.25) is 0 Å². The van der Waals surface area contributed by atoms with Gasteiger partial charge in [-0.3, -0.25) is 20.2 Å². The minimum absolute atomic E-state index is 0.0689. The third kappa shape index (κ3) is 4.93. The van der Waals surface area contributed by atoms with Crippen LogP contribution in [-0.4, -0.2) is 33.3 Å². The van der Waals surface area contributed by atoms with E-state index in [4.69, 9.17) is 9.47 Å². The highest BCUT2D eigenvalue weighted by molar-refractivity contribution is 5.57. The zero-order valence-corrected chi connectivity index (χ0v) is 13.4. The lowest BCUT2D eigenvalue weighted by molar-refractivity contribution is -0.398. The van der Waals surface area contributed by atoms with Crippen molar-refractivity contribution in [3.63, 3.8) is 0 Å². The fourth-order valence-corrected chi connectivity index (χ4v) is 1.98. The molecule has 1 aromatic carbocycles. The van der Waals surface area contributed by atoms with E-state index in [2.05, 4.69) is 0 Å². The fourth-order valence-electron chi connectivity index (χ4n) is 1.98. The maximum Gasteiger partial charge on any atom is 0.285 e. The van der Waals surface area contributed by atoms with Crippen molar-refractivity contribution >= 4 is 11.4 Å². The molecule has 2 unspecified atom stereocenters. The molecule has 0 bridgehead atoms.